The van der Waals surface area contributed by atoms with Gasteiger partial charge in [-0.05, 0) is 32.0 Å². The van der Waals surface area contributed by atoms with Crippen LogP contribution in [0.15, 0.2) is 18.2 Å². The van der Waals surface area contributed by atoms with Crippen molar-refractivity contribution in [3.05, 3.63) is 35.1 Å². The van der Waals surface area contributed by atoms with Gasteiger partial charge in [0.25, 0.3) is 0 Å². The van der Waals surface area contributed by atoms with Crippen molar-refractivity contribution in [2.45, 2.75) is 32.6 Å². The molecule has 3 nitrogen and oxygen atoms in total. The molecule has 18 heavy (non-hydrogen) atoms. The Bertz CT molecular complexity index is 459. The highest BCUT2D eigenvalue weighted by atomic mass is 19.1. The Morgan fingerprint density at radius 2 is 2.06 bits per heavy atom. The van der Waals surface area contributed by atoms with E-state index in [9.17, 15) is 4.39 Å². The van der Waals surface area contributed by atoms with Crippen molar-refractivity contribution in [3.8, 4) is 6.07 Å². The van der Waals surface area contributed by atoms with Gasteiger partial charge in [0, 0.05) is 25.2 Å². The third-order valence-corrected chi connectivity index (χ3v) is 3.06. The van der Waals surface area contributed by atoms with Gasteiger partial charge in [-0.25, -0.2) is 4.39 Å². The summed E-state index contributed by atoms with van der Waals surface area (Å²) in [6.07, 6.45) is 0.326. The summed E-state index contributed by atoms with van der Waals surface area (Å²) in [4.78, 5) is 2.17. The van der Waals surface area contributed by atoms with Crippen molar-refractivity contribution in [3.63, 3.8) is 0 Å². The third-order valence-electron chi connectivity index (χ3n) is 3.06. The van der Waals surface area contributed by atoms with Crippen LogP contribution in [0.25, 0.3) is 0 Å². The van der Waals surface area contributed by atoms with E-state index in [1.165, 1.54) is 12.1 Å². The van der Waals surface area contributed by atoms with Crippen LogP contribution < -0.4 is 0 Å². The molecule has 1 aliphatic heterocycles. The van der Waals surface area contributed by atoms with E-state index in [0.29, 0.717) is 17.7 Å². The molecule has 0 aliphatic carbocycles. The minimum absolute atomic E-state index is 0.163. The smallest absolute Gasteiger partial charge is 0.127 e. The van der Waals surface area contributed by atoms with Crippen LogP contribution in [-0.4, -0.2) is 30.2 Å². The predicted molar refractivity (Wildman–Crippen MR) is 66.4 cm³/mol. The van der Waals surface area contributed by atoms with E-state index in [2.05, 4.69) is 4.90 Å². The Kier molecular flexibility index (Phi) is 3.95. The van der Waals surface area contributed by atoms with Gasteiger partial charge in [0.15, 0.2) is 0 Å². The second-order valence-corrected chi connectivity index (χ2v) is 4.87. The van der Waals surface area contributed by atoms with Crippen LogP contribution in [0.5, 0.6) is 0 Å². The van der Waals surface area contributed by atoms with Gasteiger partial charge in [-0.3, -0.25) is 4.90 Å². The Hall–Kier alpha value is -1.44. The molecule has 0 amide bonds. The summed E-state index contributed by atoms with van der Waals surface area (Å²) in [7, 11) is 0. The second-order valence-electron chi connectivity index (χ2n) is 4.87. The fraction of sp³-hybridized carbons (Fsp3) is 0.500. The number of nitrogens with zero attached hydrogens (tertiary/aromatic N) is 2. The molecule has 1 aromatic rings. The Labute approximate surface area is 107 Å². The molecule has 1 heterocycles. The summed E-state index contributed by atoms with van der Waals surface area (Å²) in [6, 6.07) is 6.53. The van der Waals surface area contributed by atoms with Gasteiger partial charge in [-0.1, -0.05) is 0 Å². The van der Waals surface area contributed by atoms with E-state index in [-0.39, 0.29) is 18.0 Å². The molecular weight excluding hydrogens is 231 g/mol. The van der Waals surface area contributed by atoms with Gasteiger partial charge in [0.05, 0.1) is 23.8 Å². The molecule has 0 N–H and O–H groups in total. The zero-order valence-corrected chi connectivity index (χ0v) is 10.7. The molecule has 2 rings (SSSR count). The van der Waals surface area contributed by atoms with Gasteiger partial charge in [0.1, 0.15) is 5.82 Å². The first kappa shape index (κ1) is 13.0. The zero-order chi connectivity index (χ0) is 13.1. The second kappa shape index (κ2) is 5.47. The lowest BCUT2D eigenvalue weighted by molar-refractivity contribution is -0.0707. The number of ether oxygens (including phenoxy) is 1. The van der Waals surface area contributed by atoms with E-state index >= 15 is 0 Å². The molecule has 1 aliphatic rings. The predicted octanol–water partition coefficient (Wildman–Crippen LogP) is 2.31. The Morgan fingerprint density at radius 3 is 2.67 bits per heavy atom. The normalized spacial score (nSPS) is 24.8. The largest absolute Gasteiger partial charge is 0.373 e. The third kappa shape index (κ3) is 3.06. The summed E-state index contributed by atoms with van der Waals surface area (Å²) in [5.41, 5.74) is 1.08. The fourth-order valence-electron chi connectivity index (χ4n) is 2.42. The summed E-state index contributed by atoms with van der Waals surface area (Å²) >= 11 is 0. The zero-order valence-electron chi connectivity index (χ0n) is 10.7. The molecule has 4 heteroatoms. The Morgan fingerprint density at radius 1 is 1.39 bits per heavy atom. The standard InChI is InChI=1S/C14H17FN2O/c1-10-7-17(8-11(2)18-10)9-13-5-12(6-16)3-4-14(13)15/h3-5,10-11H,7-9H2,1-2H3. The number of hydrogen-bond donors (Lipinski definition) is 0. The van der Waals surface area contributed by atoms with Crippen molar-refractivity contribution in [2.24, 2.45) is 0 Å². The SMILES string of the molecule is CC1CN(Cc2cc(C#N)ccc2F)CC(C)O1. The number of halogens is 1. The lowest BCUT2D eigenvalue weighted by atomic mass is 10.1. The van der Waals surface area contributed by atoms with Crippen molar-refractivity contribution in [1.29, 1.82) is 5.26 Å². The molecule has 0 radical (unpaired) electrons. The van der Waals surface area contributed by atoms with E-state index in [4.69, 9.17) is 10.00 Å². The van der Waals surface area contributed by atoms with Crippen LogP contribution >= 0.6 is 0 Å². The van der Waals surface area contributed by atoms with Gasteiger partial charge in [0.2, 0.25) is 0 Å². The van der Waals surface area contributed by atoms with Crippen LogP contribution in [0.1, 0.15) is 25.0 Å². The first-order chi connectivity index (χ1) is 8.58. The maximum atomic E-state index is 13.7. The summed E-state index contributed by atoms with van der Waals surface area (Å²) in [5.74, 6) is -0.249. The lowest BCUT2D eigenvalue weighted by Crippen LogP contribution is -2.44. The monoisotopic (exact) mass is 248 g/mol. The average Bonchev–Trinajstić information content (AvgIpc) is 2.30. The van der Waals surface area contributed by atoms with Gasteiger partial charge in [-0.15, -0.1) is 0 Å². The molecule has 2 unspecified atom stereocenters. The van der Waals surface area contributed by atoms with Crippen LogP contribution in [-0.2, 0) is 11.3 Å². The molecule has 1 aromatic carbocycles. The van der Waals surface area contributed by atoms with E-state index in [1.54, 1.807) is 6.07 Å². The van der Waals surface area contributed by atoms with Gasteiger partial charge >= 0.3 is 0 Å². The maximum absolute atomic E-state index is 13.7. The van der Waals surface area contributed by atoms with Crippen LogP contribution in [0, 0.1) is 17.1 Å². The summed E-state index contributed by atoms with van der Waals surface area (Å²) in [5, 5.41) is 8.84. The molecule has 0 spiro atoms. The van der Waals surface area contributed by atoms with Crippen molar-refractivity contribution >= 4 is 0 Å². The maximum Gasteiger partial charge on any atom is 0.127 e. The summed E-state index contributed by atoms with van der Waals surface area (Å²) in [6.45, 7) is 6.15. The topological polar surface area (TPSA) is 36.3 Å². The highest BCUT2D eigenvalue weighted by Crippen LogP contribution is 2.17. The first-order valence-corrected chi connectivity index (χ1v) is 6.15. The molecule has 0 aromatic heterocycles. The molecule has 1 saturated heterocycles. The van der Waals surface area contributed by atoms with Gasteiger partial charge < -0.3 is 4.74 Å². The quantitative estimate of drug-likeness (QED) is 0.805. The molecule has 0 bridgehead atoms. The number of nitriles is 1. The first-order valence-electron chi connectivity index (χ1n) is 6.15. The van der Waals surface area contributed by atoms with E-state index < -0.39 is 0 Å². The minimum atomic E-state index is -0.249. The van der Waals surface area contributed by atoms with Crippen molar-refractivity contribution < 1.29 is 9.13 Å². The molecule has 1 fully saturated rings. The van der Waals surface area contributed by atoms with Crippen molar-refractivity contribution in [1.82, 2.24) is 4.90 Å². The highest BCUT2D eigenvalue weighted by molar-refractivity contribution is 5.33. The minimum Gasteiger partial charge on any atom is -0.373 e. The van der Waals surface area contributed by atoms with Gasteiger partial charge in [-0.2, -0.15) is 5.26 Å². The molecule has 0 saturated carbocycles. The number of rotatable bonds is 2. The molecule has 96 valence electrons. The summed E-state index contributed by atoms with van der Waals surface area (Å²) < 4.78 is 19.3. The molecule has 2 atom stereocenters. The van der Waals surface area contributed by atoms with Crippen LogP contribution in [0.3, 0.4) is 0 Å². The van der Waals surface area contributed by atoms with Crippen LogP contribution in [0.2, 0.25) is 0 Å². The Balaban J connectivity index is 2.11. The number of benzene rings is 1. The lowest BCUT2D eigenvalue weighted by Gasteiger charge is -2.35. The molecular formula is C14H17FN2O. The van der Waals surface area contributed by atoms with Crippen LogP contribution in [0.4, 0.5) is 4.39 Å². The van der Waals surface area contributed by atoms with E-state index in [1.807, 2.05) is 19.9 Å². The fourth-order valence-corrected chi connectivity index (χ4v) is 2.42. The van der Waals surface area contributed by atoms with Crippen molar-refractivity contribution in [2.75, 3.05) is 13.1 Å². The average molecular weight is 248 g/mol. The highest BCUT2D eigenvalue weighted by Gasteiger charge is 2.22. The van der Waals surface area contributed by atoms with E-state index in [0.717, 1.165) is 13.1 Å². The number of morpholine rings is 1. The number of hydrogen-bond acceptors (Lipinski definition) is 3.